The molecule has 0 amide bonds. The molecule has 0 spiro atoms. The summed E-state index contributed by atoms with van der Waals surface area (Å²) in [4.78, 5) is 8.00. The fourth-order valence-electron chi connectivity index (χ4n) is 6.42. The van der Waals surface area contributed by atoms with Crippen molar-refractivity contribution in [1.82, 2.24) is 0 Å². The predicted octanol–water partition coefficient (Wildman–Crippen LogP) is 13.6. The summed E-state index contributed by atoms with van der Waals surface area (Å²) in [5, 5.41) is 0. The van der Waals surface area contributed by atoms with Gasteiger partial charge in [-0.2, -0.15) is 0 Å². The molecule has 0 heterocycles. The number of hydrogen-bond acceptors (Lipinski definition) is 1. The van der Waals surface area contributed by atoms with Crippen molar-refractivity contribution < 1.29 is 4.79 Å². The van der Waals surface area contributed by atoms with E-state index >= 15 is 0 Å². The molecule has 0 aromatic heterocycles. The Balaban J connectivity index is 0. The number of rotatable bonds is 8. The van der Waals surface area contributed by atoms with E-state index in [2.05, 4.69) is 107 Å². The largest absolute Gasteiger partial charge is 0.307 e. The maximum atomic E-state index is 8.00. The molecule has 0 N–H and O–H groups in total. The number of benzene rings is 1. The number of carbonyl (C=O) groups excluding carboxylic acids is 1. The number of carbonyl (C=O) groups is 1. The molecule has 0 atom stereocenters. The molecule has 248 valence electrons. The molecule has 0 saturated heterocycles. The quantitative estimate of drug-likeness (QED) is 0.216. The number of aryl methyl sites for hydroxylation is 1. The molecule has 1 heteroatoms. The minimum Gasteiger partial charge on any atom is -0.307 e. The normalized spacial score (nSPS) is 19.6. The number of allylic oxidation sites excluding steroid dienone is 5. The SMILES string of the molecule is C=C/C=C(\CC)Cc1cc2c(cc1C)C(C)(C)CCC2(C)C.C=O.CC.CCC=C(C)C.CCCC1CCC(CC)CC1. The predicted molar refractivity (Wildman–Crippen MR) is 198 cm³/mol. The average Bonchev–Trinajstić information content (AvgIpc) is 2.99. The van der Waals surface area contributed by atoms with Gasteiger partial charge < -0.3 is 4.79 Å². The van der Waals surface area contributed by atoms with Crippen LogP contribution in [0.5, 0.6) is 0 Å². The zero-order chi connectivity index (χ0) is 33.6. The molecule has 0 bridgehead atoms. The summed E-state index contributed by atoms with van der Waals surface area (Å²) in [7, 11) is 0. The van der Waals surface area contributed by atoms with Crippen molar-refractivity contribution in [3.63, 3.8) is 0 Å². The lowest BCUT2D eigenvalue weighted by atomic mass is 9.62. The lowest BCUT2D eigenvalue weighted by Crippen LogP contribution is -2.34. The van der Waals surface area contributed by atoms with E-state index in [1.165, 1.54) is 86.5 Å². The first kappa shape index (κ1) is 43.2. The van der Waals surface area contributed by atoms with E-state index in [1.807, 2.05) is 26.7 Å². The summed E-state index contributed by atoms with van der Waals surface area (Å²) in [5.41, 5.74) is 9.53. The van der Waals surface area contributed by atoms with E-state index in [1.54, 1.807) is 11.1 Å². The Bertz CT molecular complexity index is 930. The molecule has 1 nitrogen and oxygen atoms in total. The topological polar surface area (TPSA) is 17.1 Å². The van der Waals surface area contributed by atoms with Crippen molar-refractivity contribution in [3.05, 3.63) is 70.3 Å². The Morgan fingerprint density at radius 3 is 1.72 bits per heavy atom. The van der Waals surface area contributed by atoms with Gasteiger partial charge in [0.2, 0.25) is 0 Å². The van der Waals surface area contributed by atoms with Crippen molar-refractivity contribution in [3.8, 4) is 0 Å². The highest BCUT2D eigenvalue weighted by Gasteiger charge is 2.37. The van der Waals surface area contributed by atoms with E-state index in [0.717, 1.165) is 24.7 Å². The average molecular weight is 595 g/mol. The summed E-state index contributed by atoms with van der Waals surface area (Å²) in [5.74, 6) is 2.16. The van der Waals surface area contributed by atoms with Gasteiger partial charge in [-0.05, 0) is 97.8 Å². The van der Waals surface area contributed by atoms with Gasteiger partial charge in [-0.1, -0.05) is 162 Å². The van der Waals surface area contributed by atoms with Crippen molar-refractivity contribution in [2.75, 3.05) is 0 Å². The molecule has 43 heavy (non-hydrogen) atoms. The van der Waals surface area contributed by atoms with Crippen LogP contribution < -0.4 is 0 Å². The molecule has 1 aromatic rings. The third kappa shape index (κ3) is 16.1. The van der Waals surface area contributed by atoms with Gasteiger partial charge in [-0.25, -0.2) is 0 Å². The van der Waals surface area contributed by atoms with E-state index in [0.29, 0.717) is 10.8 Å². The molecule has 1 fully saturated rings. The van der Waals surface area contributed by atoms with E-state index in [-0.39, 0.29) is 0 Å². The van der Waals surface area contributed by atoms with Crippen LogP contribution >= 0.6 is 0 Å². The third-order valence-corrected chi connectivity index (χ3v) is 9.39. The Morgan fingerprint density at radius 1 is 0.860 bits per heavy atom. The van der Waals surface area contributed by atoms with Crippen LogP contribution in [0.25, 0.3) is 0 Å². The smallest absolute Gasteiger partial charge is 0.106 e. The summed E-state index contributed by atoms with van der Waals surface area (Å²) in [6.45, 7) is 35.0. The Labute approximate surface area is 271 Å². The first-order chi connectivity index (χ1) is 20.3. The van der Waals surface area contributed by atoms with Gasteiger partial charge in [0.15, 0.2) is 0 Å². The van der Waals surface area contributed by atoms with Gasteiger partial charge in [-0.3, -0.25) is 0 Å². The highest BCUT2D eigenvalue weighted by atomic mass is 16.1. The van der Waals surface area contributed by atoms with Crippen LogP contribution in [0, 0.1) is 18.8 Å². The first-order valence-electron chi connectivity index (χ1n) is 17.7. The van der Waals surface area contributed by atoms with Crippen molar-refractivity contribution >= 4 is 6.79 Å². The fraction of sp³-hybridized carbons (Fsp3) is 0.690. The van der Waals surface area contributed by atoms with Gasteiger partial charge in [0.05, 0.1) is 0 Å². The van der Waals surface area contributed by atoms with Gasteiger partial charge in [0, 0.05) is 0 Å². The van der Waals surface area contributed by atoms with Crippen LogP contribution in [0.3, 0.4) is 0 Å². The number of fused-ring (bicyclic) bond motifs is 1. The van der Waals surface area contributed by atoms with Crippen LogP contribution in [0.15, 0.2) is 48.1 Å². The van der Waals surface area contributed by atoms with Gasteiger partial charge in [0.25, 0.3) is 0 Å². The summed E-state index contributed by atoms with van der Waals surface area (Å²) in [6, 6.07) is 4.96. The zero-order valence-corrected chi connectivity index (χ0v) is 31.3. The Hall–Kier alpha value is -1.89. The minimum absolute atomic E-state index is 0.293. The Kier molecular flexibility index (Phi) is 23.6. The second-order valence-corrected chi connectivity index (χ2v) is 14.0. The van der Waals surface area contributed by atoms with E-state index in [9.17, 15) is 0 Å². The van der Waals surface area contributed by atoms with Crippen LogP contribution in [0.1, 0.15) is 176 Å². The molecule has 0 radical (unpaired) electrons. The molecule has 2 aliphatic carbocycles. The zero-order valence-electron chi connectivity index (χ0n) is 31.3. The highest BCUT2D eigenvalue weighted by molar-refractivity contribution is 5.48. The standard InChI is InChI=1S/C22H32.C11H22.C6H12.C2H6.CH2O/c1-8-10-17(9-2)14-18-15-20-19(13-16(18)3)21(4,5)11-12-22(20,6)7;1-3-5-11-8-6-10(4-2)7-9-11;1-4-5-6(2)3;2*1-2/h8,10,13,15H,1,9,11-12,14H2,2-7H3;10-11H,3-9H2,1-2H3;5H,4H2,1-3H3;1-2H3;1H2/b17-10+;;;;. The highest BCUT2D eigenvalue weighted by Crippen LogP contribution is 2.46. The van der Waals surface area contributed by atoms with Crippen LogP contribution in [-0.2, 0) is 22.0 Å². The lowest BCUT2D eigenvalue weighted by Gasteiger charge is -2.42. The second-order valence-electron chi connectivity index (χ2n) is 14.0. The maximum absolute atomic E-state index is 8.00. The molecular weight excluding hydrogens is 520 g/mol. The molecule has 2 aliphatic rings. The molecule has 1 saturated carbocycles. The summed E-state index contributed by atoms with van der Waals surface area (Å²) in [6.07, 6.45) is 22.5. The first-order valence-corrected chi connectivity index (χ1v) is 17.7. The molecule has 0 unspecified atom stereocenters. The Morgan fingerprint density at radius 2 is 1.35 bits per heavy atom. The lowest BCUT2D eigenvalue weighted by molar-refractivity contribution is -0.0980. The van der Waals surface area contributed by atoms with E-state index < -0.39 is 0 Å². The van der Waals surface area contributed by atoms with Gasteiger partial charge >= 0.3 is 0 Å². The van der Waals surface area contributed by atoms with Crippen LogP contribution in [0.4, 0.5) is 0 Å². The molecule has 1 aromatic carbocycles. The monoisotopic (exact) mass is 595 g/mol. The van der Waals surface area contributed by atoms with Gasteiger partial charge in [0.1, 0.15) is 6.79 Å². The maximum Gasteiger partial charge on any atom is 0.106 e. The fourth-order valence-corrected chi connectivity index (χ4v) is 6.42. The number of hydrogen-bond donors (Lipinski definition) is 0. The summed E-state index contributed by atoms with van der Waals surface area (Å²) >= 11 is 0. The molecule has 3 rings (SSSR count). The van der Waals surface area contributed by atoms with Crippen molar-refractivity contribution in [2.45, 2.75) is 178 Å². The van der Waals surface area contributed by atoms with E-state index in [4.69, 9.17) is 4.79 Å². The van der Waals surface area contributed by atoms with Crippen LogP contribution in [-0.4, -0.2) is 6.79 Å². The van der Waals surface area contributed by atoms with Gasteiger partial charge in [-0.15, -0.1) is 0 Å². The minimum atomic E-state index is 0.293. The molecular formula is C42H74O. The van der Waals surface area contributed by atoms with Crippen molar-refractivity contribution in [2.24, 2.45) is 11.8 Å². The summed E-state index contributed by atoms with van der Waals surface area (Å²) < 4.78 is 0. The third-order valence-electron chi connectivity index (χ3n) is 9.39. The molecule has 0 aliphatic heterocycles. The van der Waals surface area contributed by atoms with Crippen molar-refractivity contribution in [1.29, 1.82) is 0 Å². The van der Waals surface area contributed by atoms with Crippen LogP contribution in [0.2, 0.25) is 0 Å². The second kappa shape index (κ2) is 23.5.